The van der Waals surface area contributed by atoms with E-state index in [4.69, 9.17) is 4.42 Å². The number of benzene rings is 2. The first-order valence-corrected chi connectivity index (χ1v) is 9.29. The average Bonchev–Trinajstić information content (AvgIpc) is 3.13. The van der Waals surface area contributed by atoms with Crippen LogP contribution in [0.2, 0.25) is 0 Å². The van der Waals surface area contributed by atoms with Crippen molar-refractivity contribution in [2.45, 2.75) is 13.0 Å². The van der Waals surface area contributed by atoms with Crippen LogP contribution in [0.5, 0.6) is 0 Å². The number of carbonyl (C=O) groups is 1. The number of rotatable bonds is 6. The summed E-state index contributed by atoms with van der Waals surface area (Å²) in [5.41, 5.74) is 2.67. The molecule has 3 rings (SSSR count). The molecule has 1 amide bonds. The summed E-state index contributed by atoms with van der Waals surface area (Å²) in [4.78, 5) is 17.8. The number of guanidine groups is 1. The highest BCUT2D eigenvalue weighted by atomic mass is 127. The third kappa shape index (κ3) is 6.22. The Morgan fingerprint density at radius 1 is 1.07 bits per heavy atom. The molecule has 0 bridgehead atoms. The summed E-state index contributed by atoms with van der Waals surface area (Å²) >= 11 is 0. The molecule has 0 fully saturated rings. The maximum absolute atomic E-state index is 11.9. The van der Waals surface area contributed by atoms with E-state index in [1.54, 1.807) is 26.0 Å². The first-order chi connectivity index (χ1) is 13.6. The Hall–Kier alpha value is -2.55. The molecule has 3 aromatic rings. The molecule has 29 heavy (non-hydrogen) atoms. The van der Waals surface area contributed by atoms with Crippen LogP contribution in [0.1, 0.15) is 21.7 Å². The van der Waals surface area contributed by atoms with E-state index in [-0.39, 0.29) is 29.9 Å². The van der Waals surface area contributed by atoms with Crippen LogP contribution in [0.3, 0.4) is 0 Å². The summed E-state index contributed by atoms with van der Waals surface area (Å²) in [7, 11) is 5.24. The lowest BCUT2D eigenvalue weighted by Gasteiger charge is -2.13. The van der Waals surface area contributed by atoms with Crippen LogP contribution in [-0.2, 0) is 13.0 Å². The maximum Gasteiger partial charge on any atom is 0.253 e. The van der Waals surface area contributed by atoms with Gasteiger partial charge in [0.15, 0.2) is 5.96 Å². The summed E-state index contributed by atoms with van der Waals surface area (Å²) < 4.78 is 5.83. The fraction of sp³-hybridized carbons (Fsp3) is 0.273. The zero-order valence-electron chi connectivity index (χ0n) is 16.9. The molecule has 0 spiro atoms. The fourth-order valence-corrected chi connectivity index (χ4v) is 2.89. The van der Waals surface area contributed by atoms with Gasteiger partial charge in [-0.05, 0) is 29.8 Å². The van der Waals surface area contributed by atoms with E-state index in [0.717, 1.165) is 41.2 Å². The standard InChI is InChI=1S/C22H26N4O2.HI/c1-23-22(24-13-12-19-14-18-6-4-5-7-20(18)28-19)25-15-16-8-10-17(11-9-16)21(27)26(2)3;/h4-11,14H,12-13,15H2,1-3H3,(H2,23,24,25);1H. The number of nitrogens with zero attached hydrogens (tertiary/aromatic N) is 2. The molecule has 2 aromatic carbocycles. The molecule has 0 saturated carbocycles. The molecule has 0 unspecified atom stereocenters. The van der Waals surface area contributed by atoms with E-state index in [1.807, 2.05) is 48.5 Å². The molecule has 0 aliphatic heterocycles. The van der Waals surface area contributed by atoms with Gasteiger partial charge in [-0.3, -0.25) is 9.79 Å². The van der Waals surface area contributed by atoms with Gasteiger partial charge < -0.3 is 20.0 Å². The predicted molar refractivity (Wildman–Crippen MR) is 128 cm³/mol. The monoisotopic (exact) mass is 506 g/mol. The number of aliphatic imine (C=N–C) groups is 1. The van der Waals surface area contributed by atoms with Gasteiger partial charge >= 0.3 is 0 Å². The number of fused-ring (bicyclic) bond motifs is 1. The minimum absolute atomic E-state index is 0. The van der Waals surface area contributed by atoms with E-state index < -0.39 is 0 Å². The van der Waals surface area contributed by atoms with Crippen LogP contribution >= 0.6 is 24.0 Å². The lowest BCUT2D eigenvalue weighted by molar-refractivity contribution is 0.0827. The van der Waals surface area contributed by atoms with Crippen molar-refractivity contribution in [3.05, 3.63) is 71.5 Å². The summed E-state index contributed by atoms with van der Waals surface area (Å²) in [6, 6.07) is 17.7. The van der Waals surface area contributed by atoms with Crippen molar-refractivity contribution < 1.29 is 9.21 Å². The van der Waals surface area contributed by atoms with Crippen LogP contribution in [-0.4, -0.2) is 44.5 Å². The van der Waals surface area contributed by atoms with Crippen LogP contribution in [0.25, 0.3) is 11.0 Å². The summed E-state index contributed by atoms with van der Waals surface area (Å²) in [5, 5.41) is 7.70. The Kier molecular flexibility index (Phi) is 8.50. The number of hydrogen-bond acceptors (Lipinski definition) is 3. The number of nitrogens with one attached hydrogen (secondary N) is 2. The zero-order chi connectivity index (χ0) is 19.9. The van der Waals surface area contributed by atoms with Gasteiger partial charge in [-0.1, -0.05) is 30.3 Å². The van der Waals surface area contributed by atoms with Crippen LogP contribution in [0, 0.1) is 0 Å². The highest BCUT2D eigenvalue weighted by Crippen LogP contribution is 2.18. The van der Waals surface area contributed by atoms with Crippen LogP contribution in [0.4, 0.5) is 0 Å². The lowest BCUT2D eigenvalue weighted by atomic mass is 10.1. The minimum atomic E-state index is 0. The first kappa shape index (κ1) is 22.7. The number of halogens is 1. The van der Waals surface area contributed by atoms with E-state index in [1.165, 1.54) is 0 Å². The molecule has 2 N–H and O–H groups in total. The van der Waals surface area contributed by atoms with E-state index >= 15 is 0 Å². The van der Waals surface area contributed by atoms with Crippen molar-refractivity contribution in [2.24, 2.45) is 4.99 Å². The van der Waals surface area contributed by atoms with Gasteiger partial charge in [0.2, 0.25) is 0 Å². The fourth-order valence-electron chi connectivity index (χ4n) is 2.89. The third-order valence-corrected chi connectivity index (χ3v) is 4.43. The van der Waals surface area contributed by atoms with Crippen molar-refractivity contribution >= 4 is 46.8 Å². The molecule has 0 aliphatic carbocycles. The molecule has 154 valence electrons. The minimum Gasteiger partial charge on any atom is -0.461 e. The number of carbonyl (C=O) groups excluding carboxylic acids is 1. The molecule has 1 heterocycles. The maximum atomic E-state index is 11.9. The molecule has 7 heteroatoms. The molecule has 0 radical (unpaired) electrons. The molecule has 0 saturated heterocycles. The van der Waals surface area contributed by atoms with E-state index in [2.05, 4.69) is 21.7 Å². The predicted octanol–water partition coefficient (Wildman–Crippen LogP) is 3.66. The molecular formula is C22H27IN4O2. The van der Waals surface area contributed by atoms with Gasteiger partial charge in [-0.25, -0.2) is 0 Å². The highest BCUT2D eigenvalue weighted by molar-refractivity contribution is 14.0. The average molecular weight is 506 g/mol. The molecule has 1 aromatic heterocycles. The summed E-state index contributed by atoms with van der Waals surface area (Å²) in [6.45, 7) is 1.34. The number of furan rings is 1. The Labute approximate surface area is 188 Å². The van der Waals surface area contributed by atoms with E-state index in [0.29, 0.717) is 12.1 Å². The van der Waals surface area contributed by atoms with Crippen molar-refractivity contribution in [2.75, 3.05) is 27.7 Å². The van der Waals surface area contributed by atoms with Crippen molar-refractivity contribution in [1.29, 1.82) is 0 Å². The second kappa shape index (κ2) is 10.8. The second-order valence-corrected chi connectivity index (χ2v) is 6.75. The number of hydrogen-bond donors (Lipinski definition) is 2. The SMILES string of the molecule is CN=C(NCCc1cc2ccccc2o1)NCc1ccc(C(=O)N(C)C)cc1.I. The van der Waals surface area contributed by atoms with Gasteiger partial charge in [0.25, 0.3) is 5.91 Å². The third-order valence-electron chi connectivity index (χ3n) is 4.43. The highest BCUT2D eigenvalue weighted by Gasteiger charge is 2.07. The second-order valence-electron chi connectivity index (χ2n) is 6.75. The zero-order valence-corrected chi connectivity index (χ0v) is 19.3. The van der Waals surface area contributed by atoms with E-state index in [9.17, 15) is 4.79 Å². The summed E-state index contributed by atoms with van der Waals surface area (Å²) in [6.07, 6.45) is 0.775. The molecule has 6 nitrogen and oxygen atoms in total. The topological polar surface area (TPSA) is 69.9 Å². The molecular weight excluding hydrogens is 479 g/mol. The van der Waals surface area contributed by atoms with Gasteiger partial charge in [-0.15, -0.1) is 24.0 Å². The Morgan fingerprint density at radius 3 is 2.45 bits per heavy atom. The van der Waals surface area contributed by atoms with Crippen LogP contribution in [0.15, 0.2) is 64.0 Å². The van der Waals surface area contributed by atoms with Gasteiger partial charge in [-0.2, -0.15) is 0 Å². The number of amides is 1. The quantitative estimate of drug-likeness (QED) is 0.304. The Balaban J connectivity index is 0.00000300. The largest absolute Gasteiger partial charge is 0.461 e. The smallest absolute Gasteiger partial charge is 0.253 e. The van der Waals surface area contributed by atoms with Gasteiger partial charge in [0.1, 0.15) is 11.3 Å². The lowest BCUT2D eigenvalue weighted by Crippen LogP contribution is -2.37. The Bertz CT molecular complexity index is 931. The van der Waals surface area contributed by atoms with Crippen molar-refractivity contribution in [3.63, 3.8) is 0 Å². The van der Waals surface area contributed by atoms with Crippen LogP contribution < -0.4 is 10.6 Å². The molecule has 0 atom stereocenters. The van der Waals surface area contributed by atoms with Crippen molar-refractivity contribution in [1.82, 2.24) is 15.5 Å². The van der Waals surface area contributed by atoms with Gasteiger partial charge in [0, 0.05) is 51.6 Å². The molecule has 0 aliphatic rings. The number of para-hydroxylation sites is 1. The Morgan fingerprint density at radius 2 is 1.79 bits per heavy atom. The normalized spacial score (nSPS) is 11.1. The summed E-state index contributed by atoms with van der Waals surface area (Å²) in [5.74, 6) is 1.68. The van der Waals surface area contributed by atoms with Crippen molar-refractivity contribution in [3.8, 4) is 0 Å². The first-order valence-electron chi connectivity index (χ1n) is 9.29. The van der Waals surface area contributed by atoms with Gasteiger partial charge in [0.05, 0.1) is 0 Å².